The van der Waals surface area contributed by atoms with E-state index in [1.165, 1.54) is 5.56 Å². The fourth-order valence-electron chi connectivity index (χ4n) is 1.64. The maximum atomic E-state index is 10.6. The van der Waals surface area contributed by atoms with E-state index < -0.39 is 0 Å². The summed E-state index contributed by atoms with van der Waals surface area (Å²) >= 11 is 0. The topological polar surface area (TPSA) is 26.3 Å². The number of carbonyl (C=O) groups is 1. The number of carbonyl (C=O) groups excluding carboxylic acids is 1. The smallest absolute Gasteiger partial charge is 0.160 e. The van der Waals surface area contributed by atoms with Crippen LogP contribution in [0.1, 0.15) is 18.4 Å². The third-order valence-electron chi connectivity index (χ3n) is 2.34. The van der Waals surface area contributed by atoms with Gasteiger partial charge in [-0.1, -0.05) is 18.2 Å². The van der Waals surface area contributed by atoms with Gasteiger partial charge in [-0.05, 0) is 30.9 Å². The van der Waals surface area contributed by atoms with E-state index in [0.29, 0.717) is 0 Å². The fraction of sp³-hybridized carbons (Fsp3) is 0.364. The predicted molar refractivity (Wildman–Crippen MR) is 49.9 cm³/mol. The molecule has 0 bridgehead atoms. The van der Waals surface area contributed by atoms with Gasteiger partial charge < -0.3 is 4.74 Å². The SMILES string of the molecule is O=CC1CCCc2ccccc2O1. The van der Waals surface area contributed by atoms with E-state index in [4.69, 9.17) is 4.74 Å². The number of hydrogen-bond donors (Lipinski definition) is 0. The Balaban J connectivity index is 2.28. The molecule has 2 rings (SSSR count). The Labute approximate surface area is 77.5 Å². The second-order valence-corrected chi connectivity index (χ2v) is 3.29. The molecule has 0 fully saturated rings. The van der Waals surface area contributed by atoms with E-state index in [0.717, 1.165) is 31.3 Å². The first-order valence-electron chi connectivity index (χ1n) is 4.60. The van der Waals surface area contributed by atoms with Crippen molar-refractivity contribution in [3.63, 3.8) is 0 Å². The summed E-state index contributed by atoms with van der Waals surface area (Å²) in [5.74, 6) is 0.872. The average molecular weight is 176 g/mol. The fourth-order valence-corrected chi connectivity index (χ4v) is 1.64. The van der Waals surface area contributed by atoms with Crippen molar-refractivity contribution in [2.75, 3.05) is 0 Å². The van der Waals surface area contributed by atoms with Crippen LogP contribution < -0.4 is 4.74 Å². The maximum Gasteiger partial charge on any atom is 0.160 e. The lowest BCUT2D eigenvalue weighted by molar-refractivity contribution is -0.113. The van der Waals surface area contributed by atoms with Crippen molar-refractivity contribution < 1.29 is 9.53 Å². The van der Waals surface area contributed by atoms with Crippen LogP contribution >= 0.6 is 0 Å². The van der Waals surface area contributed by atoms with Crippen LogP contribution in [0.25, 0.3) is 0 Å². The quantitative estimate of drug-likeness (QED) is 0.611. The molecule has 0 saturated carbocycles. The second-order valence-electron chi connectivity index (χ2n) is 3.29. The van der Waals surface area contributed by atoms with Crippen molar-refractivity contribution >= 4 is 6.29 Å². The molecule has 1 unspecified atom stereocenters. The van der Waals surface area contributed by atoms with Crippen LogP contribution in [0.15, 0.2) is 24.3 Å². The number of aldehydes is 1. The number of ether oxygens (including phenoxy) is 1. The monoisotopic (exact) mass is 176 g/mol. The first-order chi connectivity index (χ1) is 6.40. The van der Waals surface area contributed by atoms with Crippen LogP contribution in [-0.2, 0) is 11.2 Å². The normalized spacial score (nSPS) is 21.1. The Hall–Kier alpha value is -1.31. The van der Waals surface area contributed by atoms with Crippen LogP contribution in [0.4, 0.5) is 0 Å². The molecule has 0 aliphatic carbocycles. The number of benzene rings is 1. The van der Waals surface area contributed by atoms with Crippen molar-refractivity contribution in [3.8, 4) is 5.75 Å². The average Bonchev–Trinajstić information content (AvgIpc) is 2.38. The summed E-state index contributed by atoms with van der Waals surface area (Å²) in [5.41, 5.74) is 1.21. The lowest BCUT2D eigenvalue weighted by Crippen LogP contribution is -2.16. The van der Waals surface area contributed by atoms with E-state index in [-0.39, 0.29) is 6.10 Å². The Kier molecular flexibility index (Phi) is 2.30. The van der Waals surface area contributed by atoms with Crippen molar-refractivity contribution in [2.45, 2.75) is 25.4 Å². The van der Waals surface area contributed by atoms with Crippen molar-refractivity contribution in [3.05, 3.63) is 29.8 Å². The summed E-state index contributed by atoms with van der Waals surface area (Å²) in [7, 11) is 0. The molecule has 0 aromatic heterocycles. The predicted octanol–water partition coefficient (Wildman–Crippen LogP) is 1.97. The summed E-state index contributed by atoms with van der Waals surface area (Å²) in [6.45, 7) is 0. The van der Waals surface area contributed by atoms with Gasteiger partial charge in [-0.25, -0.2) is 0 Å². The van der Waals surface area contributed by atoms with Crippen LogP contribution in [-0.4, -0.2) is 12.4 Å². The lowest BCUT2D eigenvalue weighted by Gasteiger charge is -2.10. The molecule has 0 saturated heterocycles. The van der Waals surface area contributed by atoms with Crippen LogP contribution in [0.3, 0.4) is 0 Å². The first-order valence-corrected chi connectivity index (χ1v) is 4.60. The van der Waals surface area contributed by atoms with Gasteiger partial charge in [-0.3, -0.25) is 4.79 Å². The van der Waals surface area contributed by atoms with Crippen LogP contribution in [0.5, 0.6) is 5.75 Å². The Morgan fingerprint density at radius 2 is 2.23 bits per heavy atom. The molecule has 0 radical (unpaired) electrons. The molecule has 1 aliphatic rings. The Bertz CT molecular complexity index is 307. The van der Waals surface area contributed by atoms with Gasteiger partial charge in [0.05, 0.1) is 0 Å². The molecule has 68 valence electrons. The van der Waals surface area contributed by atoms with E-state index in [1.807, 2.05) is 18.2 Å². The molecule has 0 N–H and O–H groups in total. The van der Waals surface area contributed by atoms with Gasteiger partial charge in [0, 0.05) is 0 Å². The zero-order valence-electron chi connectivity index (χ0n) is 7.40. The minimum absolute atomic E-state index is 0.247. The van der Waals surface area contributed by atoms with E-state index in [9.17, 15) is 4.79 Å². The van der Waals surface area contributed by atoms with Gasteiger partial charge in [0.1, 0.15) is 5.75 Å². The van der Waals surface area contributed by atoms with Crippen LogP contribution in [0.2, 0.25) is 0 Å². The highest BCUT2D eigenvalue weighted by molar-refractivity contribution is 5.57. The molecule has 13 heavy (non-hydrogen) atoms. The molecule has 1 aromatic rings. The van der Waals surface area contributed by atoms with Gasteiger partial charge in [0.25, 0.3) is 0 Å². The highest BCUT2D eigenvalue weighted by Crippen LogP contribution is 2.25. The van der Waals surface area contributed by atoms with Crippen molar-refractivity contribution in [2.24, 2.45) is 0 Å². The molecule has 0 amide bonds. The Morgan fingerprint density at radius 1 is 1.38 bits per heavy atom. The van der Waals surface area contributed by atoms with Gasteiger partial charge in [0.15, 0.2) is 12.4 Å². The van der Waals surface area contributed by atoms with Gasteiger partial charge in [-0.15, -0.1) is 0 Å². The molecule has 0 spiro atoms. The highest BCUT2D eigenvalue weighted by Gasteiger charge is 2.15. The standard InChI is InChI=1S/C11H12O2/c12-8-10-6-3-5-9-4-1-2-7-11(9)13-10/h1-2,4,7-8,10H,3,5-6H2. The molecule has 1 atom stereocenters. The third kappa shape index (κ3) is 1.72. The number of fused-ring (bicyclic) bond motifs is 1. The summed E-state index contributed by atoms with van der Waals surface area (Å²) in [6, 6.07) is 7.93. The minimum atomic E-state index is -0.247. The van der Waals surface area contributed by atoms with Gasteiger partial charge >= 0.3 is 0 Å². The second kappa shape index (κ2) is 3.60. The van der Waals surface area contributed by atoms with Crippen molar-refractivity contribution in [1.82, 2.24) is 0 Å². The van der Waals surface area contributed by atoms with Gasteiger partial charge in [0.2, 0.25) is 0 Å². The largest absolute Gasteiger partial charge is 0.483 e. The highest BCUT2D eigenvalue weighted by atomic mass is 16.5. The van der Waals surface area contributed by atoms with Crippen molar-refractivity contribution in [1.29, 1.82) is 0 Å². The lowest BCUT2D eigenvalue weighted by atomic mass is 10.1. The molecule has 1 aromatic carbocycles. The van der Waals surface area contributed by atoms with Gasteiger partial charge in [-0.2, -0.15) is 0 Å². The summed E-state index contributed by atoms with van der Waals surface area (Å²) in [4.78, 5) is 10.6. The first kappa shape index (κ1) is 8.30. The van der Waals surface area contributed by atoms with Crippen LogP contribution in [0, 0.1) is 0 Å². The number of para-hydroxylation sites is 1. The summed E-state index contributed by atoms with van der Waals surface area (Å²) < 4.78 is 5.54. The molecule has 2 nitrogen and oxygen atoms in total. The molecular formula is C11H12O2. The summed E-state index contributed by atoms with van der Waals surface area (Å²) in [6.07, 6.45) is 3.52. The number of rotatable bonds is 1. The third-order valence-corrected chi connectivity index (χ3v) is 2.34. The Morgan fingerprint density at radius 3 is 3.08 bits per heavy atom. The molecule has 1 aliphatic heterocycles. The van der Waals surface area contributed by atoms with E-state index >= 15 is 0 Å². The number of aryl methyl sites for hydroxylation is 1. The molecule has 1 heterocycles. The maximum absolute atomic E-state index is 10.6. The van der Waals surface area contributed by atoms with E-state index in [2.05, 4.69) is 6.07 Å². The van der Waals surface area contributed by atoms with E-state index in [1.54, 1.807) is 0 Å². The summed E-state index contributed by atoms with van der Waals surface area (Å²) in [5, 5.41) is 0. The minimum Gasteiger partial charge on any atom is -0.483 e. The molecule has 2 heteroatoms. The number of hydrogen-bond acceptors (Lipinski definition) is 2. The zero-order valence-corrected chi connectivity index (χ0v) is 7.40. The molecular weight excluding hydrogens is 164 g/mol. The zero-order chi connectivity index (χ0) is 9.10.